The van der Waals surface area contributed by atoms with Crippen molar-refractivity contribution in [1.29, 1.82) is 0 Å². The van der Waals surface area contributed by atoms with E-state index < -0.39 is 11.6 Å². The van der Waals surface area contributed by atoms with Crippen LogP contribution in [0.25, 0.3) is 0 Å². The average molecular weight is 296 g/mol. The summed E-state index contributed by atoms with van der Waals surface area (Å²) in [4.78, 5) is 12.3. The Balaban J connectivity index is 1.74. The average Bonchev–Trinajstić information content (AvgIpc) is 3.13. The van der Waals surface area contributed by atoms with Crippen LogP contribution in [-0.4, -0.2) is 26.1 Å². The van der Waals surface area contributed by atoms with Gasteiger partial charge in [0.15, 0.2) is 11.6 Å². The minimum Gasteiger partial charge on any atom is -0.492 e. The Hall–Kier alpha value is -1.69. The summed E-state index contributed by atoms with van der Waals surface area (Å²) in [5, 5.41) is 5.88. The van der Waals surface area contributed by atoms with E-state index in [2.05, 4.69) is 10.6 Å². The molecular formula is C15H18F2N2O2. The molecule has 3 rings (SSSR count). The van der Waals surface area contributed by atoms with Crippen molar-refractivity contribution in [3.8, 4) is 5.75 Å². The normalized spacial score (nSPS) is 22.9. The van der Waals surface area contributed by atoms with Crippen LogP contribution in [0.2, 0.25) is 0 Å². The molecular weight excluding hydrogens is 278 g/mol. The van der Waals surface area contributed by atoms with E-state index in [0.29, 0.717) is 0 Å². The topological polar surface area (TPSA) is 50.4 Å². The van der Waals surface area contributed by atoms with Gasteiger partial charge in [-0.05, 0) is 37.8 Å². The summed E-state index contributed by atoms with van der Waals surface area (Å²) < 4.78 is 31.8. The summed E-state index contributed by atoms with van der Waals surface area (Å²) in [5.41, 5.74) is 0.130. The lowest BCUT2D eigenvalue weighted by Crippen LogP contribution is -2.31. The lowest BCUT2D eigenvalue weighted by Gasteiger charge is -2.23. The SMILES string of the molecule is COc1c(F)cc(F)cc1NC(=O)C1CC12CCNCC2. The van der Waals surface area contributed by atoms with E-state index in [0.717, 1.165) is 44.5 Å². The van der Waals surface area contributed by atoms with Gasteiger partial charge in [-0.25, -0.2) is 8.78 Å². The van der Waals surface area contributed by atoms with E-state index in [9.17, 15) is 13.6 Å². The summed E-state index contributed by atoms with van der Waals surface area (Å²) in [5.74, 6) is -1.95. The summed E-state index contributed by atoms with van der Waals surface area (Å²) in [6.45, 7) is 1.84. The fourth-order valence-corrected chi connectivity index (χ4v) is 3.28. The smallest absolute Gasteiger partial charge is 0.228 e. The van der Waals surface area contributed by atoms with Crippen LogP contribution in [0.15, 0.2) is 12.1 Å². The van der Waals surface area contributed by atoms with E-state index in [1.807, 2.05) is 0 Å². The first-order valence-electron chi connectivity index (χ1n) is 7.10. The molecule has 2 aliphatic rings. The number of carbonyl (C=O) groups excluding carboxylic acids is 1. The second kappa shape index (κ2) is 5.26. The van der Waals surface area contributed by atoms with Crippen LogP contribution in [0.5, 0.6) is 5.75 Å². The lowest BCUT2D eigenvalue weighted by atomic mass is 9.92. The van der Waals surface area contributed by atoms with E-state index in [-0.39, 0.29) is 28.7 Å². The van der Waals surface area contributed by atoms with E-state index in [1.165, 1.54) is 7.11 Å². The zero-order chi connectivity index (χ0) is 15.0. The van der Waals surface area contributed by atoms with Crippen LogP contribution in [0.4, 0.5) is 14.5 Å². The molecule has 1 saturated carbocycles. The molecule has 6 heteroatoms. The van der Waals surface area contributed by atoms with Crippen molar-refractivity contribution in [2.24, 2.45) is 11.3 Å². The number of hydrogen-bond donors (Lipinski definition) is 2. The largest absolute Gasteiger partial charge is 0.492 e. The van der Waals surface area contributed by atoms with Crippen LogP contribution >= 0.6 is 0 Å². The minimum absolute atomic E-state index is 0.0518. The molecule has 0 radical (unpaired) electrons. The number of benzene rings is 1. The number of rotatable bonds is 3. The number of carbonyl (C=O) groups is 1. The maximum absolute atomic E-state index is 13.6. The summed E-state index contributed by atoms with van der Waals surface area (Å²) in [6, 6.07) is 1.82. The van der Waals surface area contributed by atoms with Gasteiger partial charge in [-0.3, -0.25) is 4.79 Å². The van der Waals surface area contributed by atoms with Gasteiger partial charge in [-0.1, -0.05) is 0 Å². The van der Waals surface area contributed by atoms with Crippen LogP contribution in [0, 0.1) is 23.0 Å². The van der Waals surface area contributed by atoms with Crippen LogP contribution < -0.4 is 15.4 Å². The van der Waals surface area contributed by atoms with Crippen molar-refractivity contribution >= 4 is 11.6 Å². The Morgan fingerprint density at radius 1 is 1.38 bits per heavy atom. The minimum atomic E-state index is -0.819. The highest BCUT2D eigenvalue weighted by Gasteiger charge is 2.57. The lowest BCUT2D eigenvalue weighted by molar-refractivity contribution is -0.118. The Kier molecular flexibility index (Phi) is 3.57. The third-order valence-electron chi connectivity index (χ3n) is 4.58. The van der Waals surface area contributed by atoms with E-state index in [4.69, 9.17) is 4.74 Å². The van der Waals surface area contributed by atoms with E-state index in [1.54, 1.807) is 0 Å². The molecule has 114 valence electrons. The van der Waals surface area contributed by atoms with Crippen molar-refractivity contribution in [2.45, 2.75) is 19.3 Å². The predicted molar refractivity (Wildman–Crippen MR) is 74.2 cm³/mol. The van der Waals surface area contributed by atoms with Gasteiger partial charge in [0.05, 0.1) is 12.8 Å². The number of piperidine rings is 1. The van der Waals surface area contributed by atoms with Crippen LogP contribution in [0.1, 0.15) is 19.3 Å². The molecule has 1 saturated heterocycles. The zero-order valence-corrected chi connectivity index (χ0v) is 11.8. The highest BCUT2D eigenvalue weighted by atomic mass is 19.1. The van der Waals surface area contributed by atoms with E-state index >= 15 is 0 Å². The van der Waals surface area contributed by atoms with Gasteiger partial charge >= 0.3 is 0 Å². The molecule has 1 aromatic rings. The second-order valence-corrected chi connectivity index (χ2v) is 5.83. The monoisotopic (exact) mass is 296 g/mol. The fourth-order valence-electron chi connectivity index (χ4n) is 3.28. The van der Waals surface area contributed by atoms with Crippen LogP contribution in [0.3, 0.4) is 0 Å². The number of anilines is 1. The number of halogens is 2. The van der Waals surface area contributed by atoms with Gasteiger partial charge < -0.3 is 15.4 Å². The Morgan fingerprint density at radius 2 is 2.10 bits per heavy atom. The Bertz CT molecular complexity index is 571. The number of methoxy groups -OCH3 is 1. The summed E-state index contributed by atoms with van der Waals surface area (Å²) >= 11 is 0. The molecule has 1 atom stereocenters. The first kappa shape index (κ1) is 14.3. The van der Waals surface area contributed by atoms with Gasteiger partial charge in [0.25, 0.3) is 0 Å². The summed E-state index contributed by atoms with van der Waals surface area (Å²) in [7, 11) is 1.29. The number of ether oxygens (including phenoxy) is 1. The predicted octanol–water partition coefficient (Wildman–Crippen LogP) is 2.30. The molecule has 1 aliphatic carbocycles. The van der Waals surface area contributed by atoms with Crippen LogP contribution in [-0.2, 0) is 4.79 Å². The molecule has 1 unspecified atom stereocenters. The maximum Gasteiger partial charge on any atom is 0.228 e. The summed E-state index contributed by atoms with van der Waals surface area (Å²) in [6.07, 6.45) is 2.79. The van der Waals surface area contributed by atoms with Gasteiger partial charge in [-0.15, -0.1) is 0 Å². The van der Waals surface area contributed by atoms with Crippen molar-refractivity contribution < 1.29 is 18.3 Å². The van der Waals surface area contributed by atoms with Crippen molar-refractivity contribution in [3.63, 3.8) is 0 Å². The quantitative estimate of drug-likeness (QED) is 0.900. The first-order valence-corrected chi connectivity index (χ1v) is 7.10. The Morgan fingerprint density at radius 3 is 2.76 bits per heavy atom. The molecule has 2 N–H and O–H groups in total. The van der Waals surface area contributed by atoms with Gasteiger partial charge in [0, 0.05) is 18.1 Å². The highest BCUT2D eigenvalue weighted by Crippen LogP contribution is 2.58. The first-order chi connectivity index (χ1) is 10.1. The molecule has 0 bridgehead atoms. The number of nitrogens with one attached hydrogen (secondary N) is 2. The maximum atomic E-state index is 13.6. The number of hydrogen-bond acceptors (Lipinski definition) is 3. The molecule has 4 nitrogen and oxygen atoms in total. The molecule has 2 fully saturated rings. The highest BCUT2D eigenvalue weighted by molar-refractivity contribution is 5.96. The van der Waals surface area contributed by atoms with Gasteiger partial charge in [0.2, 0.25) is 5.91 Å². The third-order valence-corrected chi connectivity index (χ3v) is 4.58. The molecule has 21 heavy (non-hydrogen) atoms. The second-order valence-electron chi connectivity index (χ2n) is 5.83. The fraction of sp³-hybridized carbons (Fsp3) is 0.533. The number of amides is 1. The molecule has 1 heterocycles. The molecule has 1 aliphatic heterocycles. The van der Waals surface area contributed by atoms with Gasteiger partial charge in [0.1, 0.15) is 5.82 Å². The van der Waals surface area contributed by atoms with Crippen molar-refractivity contribution in [2.75, 3.05) is 25.5 Å². The molecule has 1 amide bonds. The molecule has 1 spiro atoms. The third kappa shape index (κ3) is 2.60. The molecule has 1 aromatic carbocycles. The standard InChI is InChI=1S/C15H18F2N2O2/c1-21-13-11(17)6-9(16)7-12(13)19-14(20)10-8-15(10)2-4-18-5-3-15/h6-7,10,18H,2-5,8H2,1H3,(H,19,20). The van der Waals surface area contributed by atoms with Crippen molar-refractivity contribution in [3.05, 3.63) is 23.8 Å². The Labute approximate surface area is 121 Å². The van der Waals surface area contributed by atoms with Gasteiger partial charge in [-0.2, -0.15) is 0 Å². The van der Waals surface area contributed by atoms with Crippen molar-refractivity contribution in [1.82, 2.24) is 5.32 Å². The molecule has 0 aromatic heterocycles. The zero-order valence-electron chi connectivity index (χ0n) is 11.8.